The smallest absolute Gasteiger partial charge is 0.308 e. The number of carbonyl (C=O) groups is 2. The Morgan fingerprint density at radius 1 is 1.07 bits per heavy atom. The molecule has 0 radical (unpaired) electrons. The van der Waals surface area contributed by atoms with Gasteiger partial charge in [-0.15, -0.1) is 0 Å². The molecule has 1 unspecified atom stereocenters. The number of carboxylic acids is 1. The van der Waals surface area contributed by atoms with Gasteiger partial charge in [0.05, 0.1) is 13.0 Å². The molecule has 2 aromatic carbocycles. The van der Waals surface area contributed by atoms with Crippen LogP contribution in [0.15, 0.2) is 42.5 Å². The van der Waals surface area contributed by atoms with E-state index in [1.165, 1.54) is 0 Å². The number of hydrogen-bond donors (Lipinski definition) is 2. The molecule has 2 rings (SSSR count). The van der Waals surface area contributed by atoms with Crippen LogP contribution >= 0.6 is 0 Å². The predicted molar refractivity (Wildman–Crippen MR) is 102 cm³/mol. The van der Waals surface area contributed by atoms with Gasteiger partial charge in [0, 0.05) is 6.54 Å². The molecule has 0 spiro atoms. The molecule has 0 bridgehead atoms. The normalized spacial score (nSPS) is 11.5. The lowest BCUT2D eigenvalue weighted by Gasteiger charge is -2.16. The van der Waals surface area contributed by atoms with E-state index in [4.69, 9.17) is 9.47 Å². The van der Waals surface area contributed by atoms with Crippen LogP contribution in [0.4, 0.5) is 0 Å². The number of carboxylic acid groups (broad SMARTS) is 1. The zero-order valence-corrected chi connectivity index (χ0v) is 15.8. The molecule has 0 aliphatic carbocycles. The number of methoxy groups -OCH3 is 1. The van der Waals surface area contributed by atoms with Gasteiger partial charge in [0.15, 0.2) is 6.61 Å². The second kappa shape index (κ2) is 9.62. The molecule has 0 saturated heterocycles. The standard InChI is InChI=1S/C21H25NO5/c1-14-7-6-8-15(2)20(14)27-13-19(23)22-12-17(21(24)25)11-16-9-4-5-10-18(16)26-3/h4-10,17H,11-13H2,1-3H3,(H,22,23)(H,24,25). The Morgan fingerprint density at radius 2 is 1.74 bits per heavy atom. The van der Waals surface area contributed by atoms with E-state index in [0.717, 1.165) is 16.7 Å². The Labute approximate surface area is 159 Å². The Kier molecular flexibility index (Phi) is 7.23. The summed E-state index contributed by atoms with van der Waals surface area (Å²) in [7, 11) is 1.54. The Balaban J connectivity index is 1.91. The van der Waals surface area contributed by atoms with Gasteiger partial charge in [0.25, 0.3) is 5.91 Å². The van der Waals surface area contributed by atoms with E-state index in [1.54, 1.807) is 13.2 Å². The second-order valence-corrected chi connectivity index (χ2v) is 6.36. The molecule has 27 heavy (non-hydrogen) atoms. The summed E-state index contributed by atoms with van der Waals surface area (Å²) >= 11 is 0. The maximum absolute atomic E-state index is 12.1. The molecule has 1 atom stereocenters. The quantitative estimate of drug-likeness (QED) is 0.708. The molecule has 1 amide bonds. The van der Waals surface area contributed by atoms with Crippen LogP contribution in [0.3, 0.4) is 0 Å². The van der Waals surface area contributed by atoms with Crippen molar-refractivity contribution < 1.29 is 24.2 Å². The average molecular weight is 371 g/mol. The van der Waals surface area contributed by atoms with E-state index in [1.807, 2.05) is 50.2 Å². The number of amides is 1. The van der Waals surface area contributed by atoms with E-state index in [0.29, 0.717) is 11.5 Å². The molecule has 0 heterocycles. The lowest BCUT2D eigenvalue weighted by atomic mass is 9.98. The van der Waals surface area contributed by atoms with Crippen molar-refractivity contribution in [3.8, 4) is 11.5 Å². The summed E-state index contributed by atoms with van der Waals surface area (Å²) in [6, 6.07) is 13.0. The number of rotatable bonds is 9. The first kappa shape index (κ1) is 20.3. The maximum Gasteiger partial charge on any atom is 0.308 e. The first-order valence-corrected chi connectivity index (χ1v) is 8.72. The van der Waals surface area contributed by atoms with Gasteiger partial charge < -0.3 is 19.9 Å². The van der Waals surface area contributed by atoms with Crippen molar-refractivity contribution in [1.29, 1.82) is 0 Å². The van der Waals surface area contributed by atoms with Gasteiger partial charge in [-0.25, -0.2) is 0 Å². The molecule has 0 aliphatic heterocycles. The number of hydrogen-bond acceptors (Lipinski definition) is 4. The Hall–Kier alpha value is -3.02. The molecule has 6 nitrogen and oxygen atoms in total. The summed E-state index contributed by atoms with van der Waals surface area (Å²) < 4.78 is 10.9. The van der Waals surface area contributed by atoms with Crippen molar-refractivity contribution in [3.05, 3.63) is 59.2 Å². The van der Waals surface area contributed by atoms with Gasteiger partial charge in [0.2, 0.25) is 0 Å². The minimum Gasteiger partial charge on any atom is -0.496 e. The summed E-state index contributed by atoms with van der Waals surface area (Å²) in [5.41, 5.74) is 2.68. The van der Waals surface area contributed by atoms with Crippen molar-refractivity contribution >= 4 is 11.9 Å². The first-order chi connectivity index (χ1) is 12.9. The van der Waals surface area contributed by atoms with E-state index < -0.39 is 11.9 Å². The van der Waals surface area contributed by atoms with E-state index in [-0.39, 0.29) is 25.5 Å². The third kappa shape index (κ3) is 5.74. The van der Waals surface area contributed by atoms with Gasteiger partial charge in [0.1, 0.15) is 11.5 Å². The number of para-hydroxylation sites is 2. The van der Waals surface area contributed by atoms with Crippen molar-refractivity contribution in [2.24, 2.45) is 5.92 Å². The fourth-order valence-corrected chi connectivity index (χ4v) is 2.84. The largest absolute Gasteiger partial charge is 0.496 e. The van der Waals surface area contributed by atoms with Crippen molar-refractivity contribution in [3.63, 3.8) is 0 Å². The van der Waals surface area contributed by atoms with Crippen molar-refractivity contribution in [1.82, 2.24) is 5.32 Å². The molecule has 0 fully saturated rings. The van der Waals surface area contributed by atoms with Gasteiger partial charge >= 0.3 is 5.97 Å². The van der Waals surface area contributed by atoms with Gasteiger partial charge in [-0.1, -0.05) is 36.4 Å². The zero-order valence-electron chi connectivity index (χ0n) is 15.8. The van der Waals surface area contributed by atoms with Crippen LogP contribution in [-0.4, -0.2) is 37.2 Å². The Morgan fingerprint density at radius 3 is 2.37 bits per heavy atom. The van der Waals surface area contributed by atoms with Gasteiger partial charge in [-0.2, -0.15) is 0 Å². The summed E-state index contributed by atoms with van der Waals surface area (Å²) in [5, 5.41) is 12.1. The number of ether oxygens (including phenoxy) is 2. The highest BCUT2D eigenvalue weighted by Crippen LogP contribution is 2.22. The number of benzene rings is 2. The van der Waals surface area contributed by atoms with Gasteiger partial charge in [-0.3, -0.25) is 9.59 Å². The molecule has 0 aromatic heterocycles. The first-order valence-electron chi connectivity index (χ1n) is 8.72. The average Bonchev–Trinajstić information content (AvgIpc) is 2.64. The van der Waals surface area contributed by atoms with Crippen LogP contribution in [0.5, 0.6) is 11.5 Å². The minimum atomic E-state index is -0.975. The lowest BCUT2D eigenvalue weighted by molar-refractivity contribution is -0.141. The highest BCUT2D eigenvalue weighted by atomic mass is 16.5. The summed E-state index contributed by atoms with van der Waals surface area (Å²) in [4.78, 5) is 23.6. The van der Waals surface area contributed by atoms with Crippen LogP contribution in [0.25, 0.3) is 0 Å². The van der Waals surface area contributed by atoms with E-state index >= 15 is 0 Å². The van der Waals surface area contributed by atoms with Crippen molar-refractivity contribution in [2.75, 3.05) is 20.3 Å². The third-order valence-electron chi connectivity index (χ3n) is 4.31. The van der Waals surface area contributed by atoms with Crippen molar-refractivity contribution in [2.45, 2.75) is 20.3 Å². The SMILES string of the molecule is COc1ccccc1CC(CNC(=O)COc1c(C)cccc1C)C(=O)O. The summed E-state index contributed by atoms with van der Waals surface area (Å²) in [6.45, 7) is 3.68. The maximum atomic E-state index is 12.1. The number of nitrogens with one attached hydrogen (secondary N) is 1. The molecule has 2 N–H and O–H groups in total. The molecule has 6 heteroatoms. The zero-order chi connectivity index (χ0) is 19.8. The highest BCUT2D eigenvalue weighted by molar-refractivity contribution is 5.79. The van der Waals surface area contributed by atoms with Gasteiger partial charge in [-0.05, 0) is 43.0 Å². The molecule has 144 valence electrons. The second-order valence-electron chi connectivity index (χ2n) is 6.36. The van der Waals surface area contributed by atoms with E-state index in [2.05, 4.69) is 5.32 Å². The van der Waals surface area contributed by atoms with Crippen LogP contribution in [0.2, 0.25) is 0 Å². The molecule has 0 aliphatic rings. The fourth-order valence-electron chi connectivity index (χ4n) is 2.84. The van der Waals surface area contributed by atoms with E-state index in [9.17, 15) is 14.7 Å². The fraction of sp³-hybridized carbons (Fsp3) is 0.333. The third-order valence-corrected chi connectivity index (χ3v) is 4.31. The molecule has 0 saturated carbocycles. The predicted octanol–water partition coefficient (Wildman–Crippen LogP) is 2.75. The van der Waals surface area contributed by atoms with Crippen LogP contribution in [0.1, 0.15) is 16.7 Å². The molecular formula is C21H25NO5. The Bertz CT molecular complexity index is 783. The molecular weight excluding hydrogens is 346 g/mol. The minimum absolute atomic E-state index is 0.0162. The molecule has 2 aromatic rings. The number of carbonyl (C=O) groups excluding carboxylic acids is 1. The summed E-state index contributed by atoms with van der Waals surface area (Å²) in [6.07, 6.45) is 0.261. The topological polar surface area (TPSA) is 84.9 Å². The highest BCUT2D eigenvalue weighted by Gasteiger charge is 2.21. The number of aliphatic carboxylic acids is 1. The van der Waals surface area contributed by atoms with Crippen LogP contribution < -0.4 is 14.8 Å². The number of aryl methyl sites for hydroxylation is 2. The van der Waals surface area contributed by atoms with Crippen LogP contribution in [0, 0.1) is 19.8 Å². The van der Waals surface area contributed by atoms with Crippen LogP contribution in [-0.2, 0) is 16.0 Å². The monoisotopic (exact) mass is 371 g/mol. The summed E-state index contributed by atoms with van der Waals surface area (Å²) in [5.74, 6) is -0.781. The lowest BCUT2D eigenvalue weighted by Crippen LogP contribution is -2.36.